The second kappa shape index (κ2) is 8.10. The molecular weight excluding hydrogens is 208 g/mol. The first-order valence-electron chi connectivity index (χ1n) is 7.70. The summed E-state index contributed by atoms with van der Waals surface area (Å²) in [6.07, 6.45) is 8.07. The molecule has 0 aromatic carbocycles. The smallest absolute Gasteiger partial charge is 0.0246 e. The maximum absolute atomic E-state index is 6.03. The van der Waals surface area contributed by atoms with Gasteiger partial charge in [-0.05, 0) is 44.2 Å². The Morgan fingerprint density at radius 1 is 1.12 bits per heavy atom. The molecule has 1 aliphatic rings. The molecule has 0 amide bonds. The summed E-state index contributed by atoms with van der Waals surface area (Å²) >= 11 is 0. The number of nitrogens with zero attached hydrogens (tertiary/aromatic N) is 1. The highest BCUT2D eigenvalue weighted by Gasteiger charge is 2.26. The van der Waals surface area contributed by atoms with E-state index in [9.17, 15) is 0 Å². The highest BCUT2D eigenvalue weighted by molar-refractivity contribution is 4.81. The largest absolute Gasteiger partial charge is 0.329 e. The molecule has 1 aliphatic heterocycles. The molecule has 1 fully saturated rings. The van der Waals surface area contributed by atoms with Crippen molar-refractivity contribution in [2.24, 2.45) is 17.6 Å². The zero-order valence-electron chi connectivity index (χ0n) is 12.1. The molecule has 0 spiro atoms. The summed E-state index contributed by atoms with van der Waals surface area (Å²) < 4.78 is 0. The Morgan fingerprint density at radius 2 is 1.82 bits per heavy atom. The Kier molecular flexibility index (Phi) is 7.14. The van der Waals surface area contributed by atoms with Crippen molar-refractivity contribution < 1.29 is 0 Å². The van der Waals surface area contributed by atoms with Crippen LogP contribution in [-0.2, 0) is 0 Å². The van der Waals surface area contributed by atoms with E-state index >= 15 is 0 Å². The molecule has 2 heteroatoms. The lowest BCUT2D eigenvalue weighted by atomic mass is 9.92. The van der Waals surface area contributed by atoms with Crippen LogP contribution < -0.4 is 5.73 Å². The minimum absolute atomic E-state index is 0.626. The normalized spacial score (nSPS) is 24.9. The van der Waals surface area contributed by atoms with Gasteiger partial charge in [0.05, 0.1) is 0 Å². The van der Waals surface area contributed by atoms with Crippen LogP contribution in [0.2, 0.25) is 0 Å². The van der Waals surface area contributed by atoms with Gasteiger partial charge in [-0.2, -0.15) is 0 Å². The third-order valence-corrected chi connectivity index (χ3v) is 4.76. The van der Waals surface area contributed by atoms with Crippen molar-refractivity contribution in [3.8, 4) is 0 Å². The first kappa shape index (κ1) is 15.0. The zero-order valence-corrected chi connectivity index (χ0v) is 12.1. The van der Waals surface area contributed by atoms with Crippen LogP contribution in [0, 0.1) is 11.8 Å². The van der Waals surface area contributed by atoms with Gasteiger partial charge in [0.25, 0.3) is 0 Å². The van der Waals surface area contributed by atoms with Crippen LogP contribution >= 0.6 is 0 Å². The minimum atomic E-state index is 0.626. The molecule has 0 saturated carbocycles. The monoisotopic (exact) mass is 240 g/mol. The Labute approximate surface area is 108 Å². The number of likely N-dealkylation sites (tertiary alicyclic amines) is 1. The second-order valence-corrected chi connectivity index (χ2v) is 5.62. The zero-order chi connectivity index (χ0) is 12.7. The molecule has 1 rings (SSSR count). The van der Waals surface area contributed by atoms with E-state index in [4.69, 9.17) is 5.73 Å². The van der Waals surface area contributed by atoms with Crippen molar-refractivity contribution in [1.82, 2.24) is 4.90 Å². The van der Waals surface area contributed by atoms with E-state index in [0.717, 1.165) is 18.4 Å². The molecule has 102 valence electrons. The van der Waals surface area contributed by atoms with Crippen molar-refractivity contribution in [1.29, 1.82) is 0 Å². The quantitative estimate of drug-likeness (QED) is 0.772. The van der Waals surface area contributed by atoms with E-state index in [2.05, 4.69) is 25.7 Å². The van der Waals surface area contributed by atoms with Crippen LogP contribution in [0.1, 0.15) is 59.3 Å². The Morgan fingerprint density at radius 3 is 2.35 bits per heavy atom. The molecule has 2 unspecified atom stereocenters. The van der Waals surface area contributed by atoms with Crippen LogP contribution in [0.5, 0.6) is 0 Å². The highest BCUT2D eigenvalue weighted by Crippen LogP contribution is 2.25. The molecule has 0 bridgehead atoms. The van der Waals surface area contributed by atoms with E-state index < -0.39 is 0 Å². The average Bonchev–Trinajstić information content (AvgIpc) is 2.61. The third-order valence-electron chi connectivity index (χ3n) is 4.76. The van der Waals surface area contributed by atoms with Crippen molar-refractivity contribution in [2.75, 3.05) is 19.6 Å². The van der Waals surface area contributed by atoms with E-state index in [1.54, 1.807) is 0 Å². The van der Waals surface area contributed by atoms with Gasteiger partial charge < -0.3 is 5.73 Å². The summed E-state index contributed by atoms with van der Waals surface area (Å²) in [6, 6.07) is 0.626. The van der Waals surface area contributed by atoms with Gasteiger partial charge in [-0.1, -0.05) is 40.0 Å². The van der Waals surface area contributed by atoms with E-state index in [1.165, 1.54) is 51.6 Å². The molecular formula is C15H32N2. The molecule has 0 aromatic rings. The fourth-order valence-corrected chi connectivity index (χ4v) is 3.40. The summed E-state index contributed by atoms with van der Waals surface area (Å²) in [5.41, 5.74) is 6.03. The molecule has 0 aromatic heterocycles. The van der Waals surface area contributed by atoms with Crippen molar-refractivity contribution in [3.63, 3.8) is 0 Å². The molecule has 0 aliphatic carbocycles. The predicted molar refractivity (Wildman–Crippen MR) is 76.1 cm³/mol. The van der Waals surface area contributed by atoms with Gasteiger partial charge in [-0.25, -0.2) is 0 Å². The van der Waals surface area contributed by atoms with Crippen LogP contribution in [0.25, 0.3) is 0 Å². The van der Waals surface area contributed by atoms with Gasteiger partial charge >= 0.3 is 0 Å². The molecule has 2 nitrogen and oxygen atoms in total. The number of hydrogen-bond donors (Lipinski definition) is 1. The summed E-state index contributed by atoms with van der Waals surface area (Å²) in [6.45, 7) is 10.3. The number of rotatable bonds is 6. The highest BCUT2D eigenvalue weighted by atomic mass is 15.2. The maximum Gasteiger partial charge on any atom is 0.0246 e. The van der Waals surface area contributed by atoms with Gasteiger partial charge in [0.1, 0.15) is 0 Å². The summed E-state index contributed by atoms with van der Waals surface area (Å²) in [4.78, 5) is 2.69. The van der Waals surface area contributed by atoms with Crippen LogP contribution in [0.3, 0.4) is 0 Å². The predicted octanol–water partition coefficient (Wildman–Crippen LogP) is 3.26. The maximum atomic E-state index is 6.03. The first-order chi connectivity index (χ1) is 8.26. The molecule has 1 saturated heterocycles. The Balaban J connectivity index is 2.56. The van der Waals surface area contributed by atoms with Crippen LogP contribution in [0.15, 0.2) is 0 Å². The molecule has 2 N–H and O–H groups in total. The second-order valence-electron chi connectivity index (χ2n) is 5.62. The van der Waals surface area contributed by atoms with Gasteiger partial charge in [0.15, 0.2) is 0 Å². The Bertz CT molecular complexity index is 189. The SMILES string of the molecule is CCC1CCCN(C(CN)C(CC)CC)CC1. The molecule has 17 heavy (non-hydrogen) atoms. The molecule has 0 radical (unpaired) electrons. The lowest BCUT2D eigenvalue weighted by molar-refractivity contribution is 0.143. The summed E-state index contributed by atoms with van der Waals surface area (Å²) in [5.74, 6) is 1.75. The lowest BCUT2D eigenvalue weighted by Crippen LogP contribution is -2.46. The number of hydrogen-bond acceptors (Lipinski definition) is 2. The van der Waals surface area contributed by atoms with Crippen molar-refractivity contribution in [3.05, 3.63) is 0 Å². The lowest BCUT2D eigenvalue weighted by Gasteiger charge is -2.35. The summed E-state index contributed by atoms with van der Waals surface area (Å²) in [7, 11) is 0. The van der Waals surface area contributed by atoms with Gasteiger partial charge in [-0.15, -0.1) is 0 Å². The molecule has 2 atom stereocenters. The number of nitrogens with two attached hydrogens (primary N) is 1. The van der Waals surface area contributed by atoms with Gasteiger partial charge in [0, 0.05) is 12.6 Å². The van der Waals surface area contributed by atoms with Crippen LogP contribution in [0.4, 0.5) is 0 Å². The van der Waals surface area contributed by atoms with E-state index in [-0.39, 0.29) is 0 Å². The topological polar surface area (TPSA) is 29.3 Å². The van der Waals surface area contributed by atoms with Gasteiger partial charge in [-0.3, -0.25) is 4.90 Å². The van der Waals surface area contributed by atoms with Crippen molar-refractivity contribution in [2.45, 2.75) is 65.3 Å². The van der Waals surface area contributed by atoms with E-state index in [0.29, 0.717) is 6.04 Å². The van der Waals surface area contributed by atoms with Crippen molar-refractivity contribution >= 4 is 0 Å². The fraction of sp³-hybridized carbons (Fsp3) is 1.00. The first-order valence-corrected chi connectivity index (χ1v) is 7.70. The average molecular weight is 240 g/mol. The molecule has 1 heterocycles. The minimum Gasteiger partial charge on any atom is -0.329 e. The standard InChI is InChI=1S/C15H32N2/c1-4-13-8-7-10-17(11-9-13)15(12-16)14(5-2)6-3/h13-15H,4-12,16H2,1-3H3. The summed E-state index contributed by atoms with van der Waals surface area (Å²) in [5, 5.41) is 0. The Hall–Kier alpha value is -0.0800. The van der Waals surface area contributed by atoms with Gasteiger partial charge in [0.2, 0.25) is 0 Å². The van der Waals surface area contributed by atoms with E-state index in [1.807, 2.05) is 0 Å². The third kappa shape index (κ3) is 4.26. The van der Waals surface area contributed by atoms with Crippen LogP contribution in [-0.4, -0.2) is 30.6 Å². The fourth-order valence-electron chi connectivity index (χ4n) is 3.40.